The lowest BCUT2D eigenvalue weighted by Gasteiger charge is -2.03. The Bertz CT molecular complexity index is 228. The predicted octanol–water partition coefficient (Wildman–Crippen LogP) is 3.58. The molecule has 0 bridgehead atoms. The molecule has 1 unspecified atom stereocenters. The fourth-order valence-corrected chi connectivity index (χ4v) is 1.67. The van der Waals surface area contributed by atoms with Crippen molar-refractivity contribution >= 4 is 23.4 Å². The Morgan fingerprint density at radius 1 is 1.33 bits per heavy atom. The van der Waals surface area contributed by atoms with Gasteiger partial charge in [-0.25, -0.2) is 0 Å². The summed E-state index contributed by atoms with van der Waals surface area (Å²) in [7, 11) is 0. The zero-order valence-electron chi connectivity index (χ0n) is 7.38. The predicted molar refractivity (Wildman–Crippen MR) is 57.2 cm³/mol. The topological polar surface area (TPSA) is 0 Å². The Kier molecular flexibility index (Phi) is 3.96. The molecule has 0 amide bonds. The van der Waals surface area contributed by atoms with E-state index in [1.165, 1.54) is 10.5 Å². The van der Waals surface area contributed by atoms with Gasteiger partial charge in [-0.2, -0.15) is 0 Å². The highest BCUT2D eigenvalue weighted by atomic mass is 35.5. The Labute approximate surface area is 83.3 Å². The summed E-state index contributed by atoms with van der Waals surface area (Å²) in [5, 5.41) is 0.227. The maximum atomic E-state index is 5.88. The second-order valence-electron chi connectivity index (χ2n) is 2.83. The smallest absolute Gasteiger partial charge is 0.0348 e. The molecule has 0 spiro atoms. The highest BCUT2D eigenvalue weighted by molar-refractivity contribution is 7.98. The summed E-state index contributed by atoms with van der Waals surface area (Å²) in [6, 6.07) is 8.56. The van der Waals surface area contributed by atoms with Crippen molar-refractivity contribution in [3.8, 4) is 0 Å². The molecule has 0 saturated heterocycles. The molecule has 0 aliphatic rings. The molecule has 1 rings (SSSR count). The lowest BCUT2D eigenvalue weighted by Crippen LogP contribution is -1.96. The first kappa shape index (κ1) is 9.94. The summed E-state index contributed by atoms with van der Waals surface area (Å²) in [5.41, 5.74) is 1.32. The fraction of sp³-hybridized carbons (Fsp3) is 0.400. The van der Waals surface area contributed by atoms with Crippen LogP contribution in [0.25, 0.3) is 0 Å². The van der Waals surface area contributed by atoms with Gasteiger partial charge in [0.15, 0.2) is 0 Å². The molecule has 0 nitrogen and oxygen atoms in total. The summed E-state index contributed by atoms with van der Waals surface area (Å²) in [5.74, 6) is 0. The number of halogens is 1. The van der Waals surface area contributed by atoms with Gasteiger partial charge in [0.1, 0.15) is 0 Å². The van der Waals surface area contributed by atoms with Gasteiger partial charge < -0.3 is 0 Å². The molecule has 0 saturated carbocycles. The van der Waals surface area contributed by atoms with Crippen LogP contribution >= 0.6 is 23.4 Å². The first-order chi connectivity index (χ1) is 5.72. The van der Waals surface area contributed by atoms with Crippen LogP contribution in [0.5, 0.6) is 0 Å². The highest BCUT2D eigenvalue weighted by Gasteiger charge is 1.98. The number of alkyl halides is 1. The van der Waals surface area contributed by atoms with Crippen LogP contribution in [0.2, 0.25) is 0 Å². The van der Waals surface area contributed by atoms with Crippen molar-refractivity contribution in [3.63, 3.8) is 0 Å². The van der Waals surface area contributed by atoms with Crippen LogP contribution in [0.1, 0.15) is 12.5 Å². The maximum Gasteiger partial charge on any atom is 0.0348 e. The number of benzene rings is 1. The minimum atomic E-state index is 0.227. The Balaban J connectivity index is 2.65. The molecule has 1 aromatic carbocycles. The number of thioether (sulfide) groups is 1. The van der Waals surface area contributed by atoms with Gasteiger partial charge in [-0.05, 0) is 37.3 Å². The van der Waals surface area contributed by atoms with Crippen molar-refractivity contribution in [2.75, 3.05) is 6.26 Å². The van der Waals surface area contributed by atoms with Crippen LogP contribution in [0.3, 0.4) is 0 Å². The maximum absolute atomic E-state index is 5.88. The van der Waals surface area contributed by atoms with Crippen LogP contribution in [-0.2, 0) is 6.42 Å². The van der Waals surface area contributed by atoms with Crippen molar-refractivity contribution in [1.82, 2.24) is 0 Å². The van der Waals surface area contributed by atoms with Crippen LogP contribution in [0, 0.1) is 0 Å². The van der Waals surface area contributed by atoms with E-state index in [9.17, 15) is 0 Å². The third-order valence-corrected chi connectivity index (χ3v) is 2.57. The van der Waals surface area contributed by atoms with E-state index in [0.717, 1.165) is 6.42 Å². The number of rotatable bonds is 3. The van der Waals surface area contributed by atoms with E-state index < -0.39 is 0 Å². The quantitative estimate of drug-likeness (QED) is 0.531. The van der Waals surface area contributed by atoms with Gasteiger partial charge in [0.25, 0.3) is 0 Å². The van der Waals surface area contributed by atoms with Crippen LogP contribution in [0.15, 0.2) is 29.2 Å². The lowest BCUT2D eigenvalue weighted by molar-refractivity contribution is 0.929. The molecule has 1 atom stereocenters. The van der Waals surface area contributed by atoms with Crippen LogP contribution < -0.4 is 0 Å². The van der Waals surface area contributed by atoms with Crippen molar-refractivity contribution in [1.29, 1.82) is 0 Å². The third kappa shape index (κ3) is 3.08. The molecule has 0 aliphatic carbocycles. The van der Waals surface area contributed by atoms with E-state index >= 15 is 0 Å². The summed E-state index contributed by atoms with van der Waals surface area (Å²) >= 11 is 7.64. The molecular weight excluding hydrogens is 188 g/mol. The van der Waals surface area contributed by atoms with Gasteiger partial charge in [-0.3, -0.25) is 0 Å². The molecule has 12 heavy (non-hydrogen) atoms. The summed E-state index contributed by atoms with van der Waals surface area (Å²) < 4.78 is 0. The first-order valence-corrected chi connectivity index (χ1v) is 5.65. The lowest BCUT2D eigenvalue weighted by atomic mass is 10.1. The summed E-state index contributed by atoms with van der Waals surface area (Å²) in [6.45, 7) is 2.02. The van der Waals surface area contributed by atoms with Crippen LogP contribution in [0.4, 0.5) is 0 Å². The van der Waals surface area contributed by atoms with Gasteiger partial charge in [0.05, 0.1) is 0 Å². The van der Waals surface area contributed by atoms with Crippen molar-refractivity contribution in [3.05, 3.63) is 29.8 Å². The van der Waals surface area contributed by atoms with E-state index in [2.05, 4.69) is 30.5 Å². The number of hydrogen-bond donors (Lipinski definition) is 0. The molecule has 1 aromatic rings. The molecule has 2 heteroatoms. The van der Waals surface area contributed by atoms with Gasteiger partial charge >= 0.3 is 0 Å². The van der Waals surface area contributed by atoms with Gasteiger partial charge in [-0.1, -0.05) is 12.1 Å². The molecule has 0 N–H and O–H groups in total. The zero-order valence-corrected chi connectivity index (χ0v) is 8.95. The first-order valence-electron chi connectivity index (χ1n) is 3.99. The minimum Gasteiger partial charge on any atom is -0.130 e. The molecule has 0 heterocycles. The van der Waals surface area contributed by atoms with E-state index in [4.69, 9.17) is 11.6 Å². The highest BCUT2D eigenvalue weighted by Crippen LogP contribution is 2.16. The third-order valence-electron chi connectivity index (χ3n) is 1.68. The van der Waals surface area contributed by atoms with Crippen molar-refractivity contribution in [2.45, 2.75) is 23.6 Å². The molecule has 66 valence electrons. The second kappa shape index (κ2) is 4.78. The second-order valence-corrected chi connectivity index (χ2v) is 4.46. The van der Waals surface area contributed by atoms with E-state index in [1.807, 2.05) is 6.92 Å². The monoisotopic (exact) mass is 200 g/mol. The molecular formula is C10H13ClS. The van der Waals surface area contributed by atoms with Gasteiger partial charge in [0.2, 0.25) is 0 Å². The molecule has 0 aliphatic heterocycles. The zero-order chi connectivity index (χ0) is 8.97. The van der Waals surface area contributed by atoms with E-state index in [1.54, 1.807) is 11.8 Å². The van der Waals surface area contributed by atoms with Gasteiger partial charge in [-0.15, -0.1) is 23.4 Å². The largest absolute Gasteiger partial charge is 0.130 e. The van der Waals surface area contributed by atoms with Crippen LogP contribution in [-0.4, -0.2) is 11.6 Å². The normalized spacial score (nSPS) is 12.9. The van der Waals surface area contributed by atoms with Gasteiger partial charge in [0, 0.05) is 10.3 Å². The molecule has 0 aromatic heterocycles. The van der Waals surface area contributed by atoms with E-state index in [-0.39, 0.29) is 5.38 Å². The number of hydrogen-bond acceptors (Lipinski definition) is 1. The van der Waals surface area contributed by atoms with Crippen molar-refractivity contribution in [2.24, 2.45) is 0 Å². The standard InChI is InChI=1S/C10H13ClS/c1-8(11)7-9-3-5-10(12-2)6-4-9/h3-6,8H,7H2,1-2H3. The Morgan fingerprint density at radius 3 is 2.33 bits per heavy atom. The molecule has 0 fully saturated rings. The fourth-order valence-electron chi connectivity index (χ4n) is 1.09. The SMILES string of the molecule is CSc1ccc(CC(C)Cl)cc1. The average molecular weight is 201 g/mol. The minimum absolute atomic E-state index is 0.227. The Hall–Kier alpha value is -0.140. The summed E-state index contributed by atoms with van der Waals surface area (Å²) in [4.78, 5) is 1.31. The van der Waals surface area contributed by atoms with Crippen molar-refractivity contribution < 1.29 is 0 Å². The summed E-state index contributed by atoms with van der Waals surface area (Å²) in [6.07, 6.45) is 3.04. The van der Waals surface area contributed by atoms with E-state index in [0.29, 0.717) is 0 Å². The molecule has 0 radical (unpaired) electrons. The average Bonchev–Trinajstić information content (AvgIpc) is 2.05. The Morgan fingerprint density at radius 2 is 1.92 bits per heavy atom.